The van der Waals surface area contributed by atoms with E-state index in [0.29, 0.717) is 25.8 Å². The van der Waals surface area contributed by atoms with Crippen LogP contribution in [0.15, 0.2) is 18.2 Å². The molecular formula is C20H24N4O. The average molecular weight is 336 g/mol. The minimum absolute atomic E-state index is 0.174. The fourth-order valence-corrected chi connectivity index (χ4v) is 3.58. The van der Waals surface area contributed by atoms with E-state index in [0.717, 1.165) is 35.6 Å². The van der Waals surface area contributed by atoms with Crippen LogP contribution in [0.2, 0.25) is 0 Å². The number of fused-ring (bicyclic) bond motifs is 1. The van der Waals surface area contributed by atoms with Gasteiger partial charge in [-0.1, -0.05) is 12.1 Å². The van der Waals surface area contributed by atoms with Crippen LogP contribution in [0.4, 0.5) is 5.69 Å². The van der Waals surface area contributed by atoms with E-state index in [9.17, 15) is 4.79 Å². The summed E-state index contributed by atoms with van der Waals surface area (Å²) in [6, 6.07) is 8.50. The van der Waals surface area contributed by atoms with Gasteiger partial charge in [0.05, 0.1) is 24.7 Å². The number of aryl methyl sites for hydroxylation is 3. The monoisotopic (exact) mass is 336 g/mol. The van der Waals surface area contributed by atoms with E-state index in [1.807, 2.05) is 23.4 Å². The first-order valence-electron chi connectivity index (χ1n) is 8.81. The Morgan fingerprint density at radius 3 is 2.88 bits per heavy atom. The number of nitrogens with zero attached hydrogens (tertiary/aromatic N) is 4. The highest BCUT2D eigenvalue weighted by Crippen LogP contribution is 2.29. The van der Waals surface area contributed by atoms with Crippen LogP contribution >= 0.6 is 0 Å². The summed E-state index contributed by atoms with van der Waals surface area (Å²) in [5.41, 5.74) is 6.68. The van der Waals surface area contributed by atoms with Crippen molar-refractivity contribution in [3.8, 4) is 6.07 Å². The van der Waals surface area contributed by atoms with Gasteiger partial charge in [0.2, 0.25) is 5.91 Å². The van der Waals surface area contributed by atoms with E-state index in [4.69, 9.17) is 5.26 Å². The van der Waals surface area contributed by atoms with Gasteiger partial charge in [0, 0.05) is 24.3 Å². The second-order valence-electron chi connectivity index (χ2n) is 6.71. The summed E-state index contributed by atoms with van der Waals surface area (Å²) in [5.74, 6) is 0.174. The minimum Gasteiger partial charge on any atom is -0.312 e. The van der Waals surface area contributed by atoms with Crippen LogP contribution in [0.5, 0.6) is 0 Å². The Morgan fingerprint density at radius 2 is 2.12 bits per heavy atom. The molecule has 25 heavy (non-hydrogen) atoms. The average Bonchev–Trinajstić information content (AvgIpc) is 3.12. The summed E-state index contributed by atoms with van der Waals surface area (Å²) >= 11 is 0. The van der Waals surface area contributed by atoms with E-state index in [1.54, 1.807) is 0 Å². The van der Waals surface area contributed by atoms with Crippen molar-refractivity contribution in [1.29, 1.82) is 5.26 Å². The SMILES string of the molecule is Cc1ccc2c(c1)N(C(=O)CCc1c(C)nn(CCC#N)c1C)CC2. The van der Waals surface area contributed by atoms with E-state index in [2.05, 4.69) is 36.3 Å². The third-order valence-electron chi connectivity index (χ3n) is 4.99. The molecule has 0 N–H and O–H groups in total. The molecule has 0 radical (unpaired) electrons. The first kappa shape index (κ1) is 17.2. The quantitative estimate of drug-likeness (QED) is 0.842. The Labute approximate surface area is 148 Å². The number of carbonyl (C=O) groups is 1. The molecule has 0 unspecified atom stereocenters. The molecular weight excluding hydrogens is 312 g/mol. The molecule has 2 heterocycles. The number of aromatic nitrogens is 2. The molecule has 0 spiro atoms. The maximum atomic E-state index is 12.7. The lowest BCUT2D eigenvalue weighted by atomic mass is 10.1. The molecule has 0 aliphatic carbocycles. The summed E-state index contributed by atoms with van der Waals surface area (Å²) in [4.78, 5) is 14.7. The van der Waals surface area contributed by atoms with E-state index in [1.165, 1.54) is 11.1 Å². The summed E-state index contributed by atoms with van der Waals surface area (Å²) < 4.78 is 1.88. The van der Waals surface area contributed by atoms with Gasteiger partial charge in [-0.15, -0.1) is 0 Å². The zero-order chi connectivity index (χ0) is 18.0. The molecule has 1 aliphatic rings. The lowest BCUT2D eigenvalue weighted by Gasteiger charge is -2.18. The highest BCUT2D eigenvalue weighted by Gasteiger charge is 2.25. The van der Waals surface area contributed by atoms with Gasteiger partial charge in [-0.2, -0.15) is 10.4 Å². The van der Waals surface area contributed by atoms with Gasteiger partial charge < -0.3 is 4.90 Å². The molecule has 0 saturated heterocycles. The van der Waals surface area contributed by atoms with Crippen LogP contribution in [-0.2, 0) is 24.2 Å². The first-order valence-corrected chi connectivity index (χ1v) is 8.81. The zero-order valence-corrected chi connectivity index (χ0v) is 15.2. The predicted octanol–water partition coefficient (Wildman–Crippen LogP) is 3.24. The molecule has 2 aromatic rings. The van der Waals surface area contributed by atoms with Crippen molar-refractivity contribution in [3.63, 3.8) is 0 Å². The van der Waals surface area contributed by atoms with Crippen LogP contribution in [0.25, 0.3) is 0 Å². The third kappa shape index (κ3) is 3.43. The van der Waals surface area contributed by atoms with Gasteiger partial charge in [-0.25, -0.2) is 0 Å². The number of hydrogen-bond donors (Lipinski definition) is 0. The van der Waals surface area contributed by atoms with Crippen molar-refractivity contribution in [2.45, 2.75) is 53.0 Å². The van der Waals surface area contributed by atoms with Gasteiger partial charge in [0.25, 0.3) is 0 Å². The fourth-order valence-electron chi connectivity index (χ4n) is 3.58. The number of hydrogen-bond acceptors (Lipinski definition) is 3. The van der Waals surface area contributed by atoms with Crippen LogP contribution in [0.3, 0.4) is 0 Å². The zero-order valence-electron chi connectivity index (χ0n) is 15.2. The third-order valence-corrected chi connectivity index (χ3v) is 4.99. The fraction of sp³-hybridized carbons (Fsp3) is 0.450. The van der Waals surface area contributed by atoms with Gasteiger partial charge in [-0.05, 0) is 56.4 Å². The second kappa shape index (κ2) is 7.10. The molecule has 1 aromatic heterocycles. The second-order valence-corrected chi connectivity index (χ2v) is 6.71. The molecule has 0 bridgehead atoms. The number of rotatable bonds is 5. The maximum absolute atomic E-state index is 12.7. The van der Waals surface area contributed by atoms with Crippen molar-refractivity contribution < 1.29 is 4.79 Å². The first-order chi connectivity index (χ1) is 12.0. The standard InChI is InChI=1S/C20H24N4O/c1-14-5-6-17-9-12-23(19(17)13-14)20(25)8-7-18-15(2)22-24(16(18)3)11-4-10-21/h5-6,13H,4,7-9,11-12H2,1-3H3. The van der Waals surface area contributed by atoms with Crippen molar-refractivity contribution in [1.82, 2.24) is 9.78 Å². The van der Waals surface area contributed by atoms with Crippen molar-refractivity contribution in [3.05, 3.63) is 46.3 Å². The number of amides is 1. The lowest BCUT2D eigenvalue weighted by molar-refractivity contribution is -0.118. The normalized spacial score (nSPS) is 13.0. The Bertz CT molecular complexity index is 844. The van der Waals surface area contributed by atoms with Crippen molar-refractivity contribution in [2.75, 3.05) is 11.4 Å². The Kier molecular flexibility index (Phi) is 4.89. The molecule has 1 aliphatic heterocycles. The molecule has 1 aromatic carbocycles. The van der Waals surface area contributed by atoms with Crippen LogP contribution in [-0.4, -0.2) is 22.2 Å². The summed E-state index contributed by atoms with van der Waals surface area (Å²) in [7, 11) is 0. The molecule has 1 amide bonds. The van der Waals surface area contributed by atoms with Gasteiger partial charge in [-0.3, -0.25) is 9.48 Å². The molecule has 3 rings (SSSR count). The summed E-state index contributed by atoms with van der Waals surface area (Å²) in [5, 5.41) is 13.3. The van der Waals surface area contributed by atoms with Gasteiger partial charge >= 0.3 is 0 Å². The van der Waals surface area contributed by atoms with Crippen LogP contribution in [0.1, 0.15) is 40.9 Å². The molecule has 0 atom stereocenters. The van der Waals surface area contributed by atoms with E-state index >= 15 is 0 Å². The Morgan fingerprint density at radius 1 is 1.32 bits per heavy atom. The summed E-state index contributed by atoms with van der Waals surface area (Å²) in [6.07, 6.45) is 2.56. The highest BCUT2D eigenvalue weighted by atomic mass is 16.2. The van der Waals surface area contributed by atoms with Crippen molar-refractivity contribution in [2.24, 2.45) is 0 Å². The van der Waals surface area contributed by atoms with Crippen LogP contribution < -0.4 is 4.90 Å². The highest BCUT2D eigenvalue weighted by molar-refractivity contribution is 5.95. The lowest BCUT2D eigenvalue weighted by Crippen LogP contribution is -2.29. The Balaban J connectivity index is 1.69. The van der Waals surface area contributed by atoms with E-state index < -0.39 is 0 Å². The number of anilines is 1. The van der Waals surface area contributed by atoms with Gasteiger partial charge in [0.15, 0.2) is 0 Å². The number of nitriles is 1. The van der Waals surface area contributed by atoms with Crippen molar-refractivity contribution >= 4 is 11.6 Å². The molecule has 0 fully saturated rings. The maximum Gasteiger partial charge on any atom is 0.227 e. The molecule has 130 valence electrons. The topological polar surface area (TPSA) is 61.9 Å². The van der Waals surface area contributed by atoms with Crippen LogP contribution in [0, 0.1) is 32.1 Å². The predicted molar refractivity (Wildman–Crippen MR) is 97.5 cm³/mol. The molecule has 0 saturated carbocycles. The minimum atomic E-state index is 0.174. The number of carbonyl (C=O) groups excluding carboxylic acids is 1. The molecule has 5 heteroatoms. The smallest absolute Gasteiger partial charge is 0.227 e. The number of benzene rings is 1. The Hall–Kier alpha value is -2.61. The van der Waals surface area contributed by atoms with E-state index in [-0.39, 0.29) is 5.91 Å². The largest absolute Gasteiger partial charge is 0.312 e. The summed E-state index contributed by atoms with van der Waals surface area (Å²) in [6.45, 7) is 7.44. The molecule has 5 nitrogen and oxygen atoms in total. The van der Waals surface area contributed by atoms with Gasteiger partial charge in [0.1, 0.15) is 0 Å².